The molecule has 148 valence electrons. The molecule has 1 aliphatic carbocycles. The van der Waals surface area contributed by atoms with Gasteiger partial charge in [-0.05, 0) is 62.2 Å². The highest BCUT2D eigenvalue weighted by Gasteiger charge is 2.30. The van der Waals surface area contributed by atoms with Crippen LogP contribution in [0.15, 0.2) is 42.5 Å². The van der Waals surface area contributed by atoms with Crippen molar-refractivity contribution in [2.75, 3.05) is 0 Å². The lowest BCUT2D eigenvalue weighted by atomic mass is 10.1. The SMILES string of the molecule is Cc1nc2c(s1)c1cc(C(=O)NC3CC3)ccc1n2-c1ccc(C(F)(F)F)cc1. The Hall–Kier alpha value is -2.87. The van der Waals surface area contributed by atoms with E-state index in [2.05, 4.69) is 10.3 Å². The van der Waals surface area contributed by atoms with Crippen molar-refractivity contribution in [3.8, 4) is 5.69 Å². The molecule has 0 unspecified atom stereocenters. The zero-order valence-corrected chi connectivity index (χ0v) is 16.2. The molecule has 2 aromatic heterocycles. The molecule has 5 rings (SSSR count). The summed E-state index contributed by atoms with van der Waals surface area (Å²) in [5.74, 6) is -0.105. The Morgan fingerprint density at radius 1 is 1.17 bits per heavy atom. The molecular formula is C21H16F3N3OS. The number of carbonyl (C=O) groups excluding carboxylic acids is 1. The molecular weight excluding hydrogens is 399 g/mol. The lowest BCUT2D eigenvalue weighted by molar-refractivity contribution is -0.137. The number of hydrogen-bond donors (Lipinski definition) is 1. The zero-order valence-electron chi connectivity index (χ0n) is 15.4. The Labute approximate surface area is 168 Å². The van der Waals surface area contributed by atoms with Crippen molar-refractivity contribution in [2.45, 2.75) is 32.0 Å². The molecule has 0 saturated heterocycles. The lowest BCUT2D eigenvalue weighted by Crippen LogP contribution is -2.25. The molecule has 0 bridgehead atoms. The fraction of sp³-hybridized carbons (Fsp3) is 0.238. The van der Waals surface area contributed by atoms with Crippen LogP contribution in [0.3, 0.4) is 0 Å². The first-order valence-corrected chi connectivity index (χ1v) is 10.0. The molecule has 1 N–H and O–H groups in total. The van der Waals surface area contributed by atoms with Gasteiger partial charge in [0.15, 0.2) is 5.65 Å². The monoisotopic (exact) mass is 415 g/mol. The molecule has 1 amide bonds. The van der Waals surface area contributed by atoms with Gasteiger partial charge in [-0.2, -0.15) is 13.2 Å². The number of fused-ring (bicyclic) bond motifs is 3. The van der Waals surface area contributed by atoms with Crippen LogP contribution in [0.4, 0.5) is 13.2 Å². The minimum absolute atomic E-state index is 0.105. The van der Waals surface area contributed by atoms with Crippen molar-refractivity contribution in [3.05, 3.63) is 58.6 Å². The fourth-order valence-corrected chi connectivity index (χ4v) is 4.40. The number of amides is 1. The predicted molar refractivity (Wildman–Crippen MR) is 107 cm³/mol. The molecule has 0 spiro atoms. The van der Waals surface area contributed by atoms with E-state index in [1.807, 2.05) is 23.6 Å². The molecule has 0 aliphatic heterocycles. The van der Waals surface area contributed by atoms with E-state index in [0.29, 0.717) is 16.9 Å². The van der Waals surface area contributed by atoms with Crippen LogP contribution in [0.5, 0.6) is 0 Å². The van der Waals surface area contributed by atoms with Crippen LogP contribution in [-0.2, 0) is 6.18 Å². The fourth-order valence-electron chi connectivity index (χ4n) is 3.47. The number of halogens is 3. The van der Waals surface area contributed by atoms with Gasteiger partial charge in [-0.1, -0.05) is 0 Å². The van der Waals surface area contributed by atoms with Crippen LogP contribution in [0.2, 0.25) is 0 Å². The third-order valence-electron chi connectivity index (χ3n) is 5.04. The van der Waals surface area contributed by atoms with Crippen LogP contribution in [0.1, 0.15) is 33.8 Å². The number of nitrogens with one attached hydrogen (secondary N) is 1. The first-order valence-electron chi connectivity index (χ1n) is 9.21. The molecule has 8 heteroatoms. The van der Waals surface area contributed by atoms with Crippen LogP contribution in [0, 0.1) is 6.92 Å². The van der Waals surface area contributed by atoms with E-state index >= 15 is 0 Å². The largest absolute Gasteiger partial charge is 0.416 e. The van der Waals surface area contributed by atoms with Crippen LogP contribution >= 0.6 is 11.3 Å². The average molecular weight is 415 g/mol. The maximum Gasteiger partial charge on any atom is 0.416 e. The highest BCUT2D eigenvalue weighted by molar-refractivity contribution is 7.19. The van der Waals surface area contributed by atoms with Crippen molar-refractivity contribution < 1.29 is 18.0 Å². The Bertz CT molecular complexity index is 1250. The lowest BCUT2D eigenvalue weighted by Gasteiger charge is -2.10. The number of hydrogen-bond acceptors (Lipinski definition) is 3. The van der Waals surface area contributed by atoms with Crippen LogP contribution in [-0.4, -0.2) is 21.5 Å². The summed E-state index contributed by atoms with van der Waals surface area (Å²) in [6.07, 6.45) is -2.36. The summed E-state index contributed by atoms with van der Waals surface area (Å²) in [5, 5.41) is 4.70. The Morgan fingerprint density at radius 2 is 1.90 bits per heavy atom. The number of benzene rings is 2. The van der Waals surface area contributed by atoms with Crippen molar-refractivity contribution in [2.24, 2.45) is 0 Å². The normalized spacial score (nSPS) is 14.6. The smallest absolute Gasteiger partial charge is 0.349 e. The van der Waals surface area contributed by atoms with Crippen molar-refractivity contribution in [3.63, 3.8) is 0 Å². The topological polar surface area (TPSA) is 46.9 Å². The van der Waals surface area contributed by atoms with Gasteiger partial charge in [0.05, 0.1) is 20.8 Å². The van der Waals surface area contributed by atoms with E-state index < -0.39 is 11.7 Å². The van der Waals surface area contributed by atoms with Gasteiger partial charge in [0, 0.05) is 22.7 Å². The Morgan fingerprint density at radius 3 is 2.55 bits per heavy atom. The number of carbonyl (C=O) groups is 1. The van der Waals surface area contributed by atoms with Gasteiger partial charge in [0.25, 0.3) is 5.91 Å². The number of rotatable bonds is 3. The molecule has 1 saturated carbocycles. The maximum atomic E-state index is 12.9. The van der Waals surface area contributed by atoms with Gasteiger partial charge in [0.1, 0.15) is 0 Å². The van der Waals surface area contributed by atoms with E-state index in [1.54, 1.807) is 6.07 Å². The summed E-state index contributed by atoms with van der Waals surface area (Å²) in [6, 6.07) is 10.7. The number of nitrogens with zero attached hydrogens (tertiary/aromatic N) is 2. The zero-order chi connectivity index (χ0) is 20.3. The predicted octanol–water partition coefficient (Wildman–Crippen LogP) is 5.46. The summed E-state index contributed by atoms with van der Waals surface area (Å²) < 4.78 is 41.6. The van der Waals surface area contributed by atoms with Gasteiger partial charge in [-0.25, -0.2) is 4.98 Å². The molecule has 29 heavy (non-hydrogen) atoms. The molecule has 2 heterocycles. The molecule has 4 aromatic rings. The third kappa shape index (κ3) is 3.17. The van der Waals surface area contributed by atoms with Gasteiger partial charge in [0.2, 0.25) is 0 Å². The van der Waals surface area contributed by atoms with Gasteiger partial charge >= 0.3 is 6.18 Å². The molecule has 2 aromatic carbocycles. The van der Waals surface area contributed by atoms with Crippen LogP contribution in [0.25, 0.3) is 26.9 Å². The summed E-state index contributed by atoms with van der Waals surface area (Å²) >= 11 is 1.51. The molecule has 1 fully saturated rings. The second kappa shape index (κ2) is 6.32. The van der Waals surface area contributed by atoms with E-state index in [-0.39, 0.29) is 11.9 Å². The quantitative estimate of drug-likeness (QED) is 0.483. The van der Waals surface area contributed by atoms with Crippen molar-refractivity contribution in [1.82, 2.24) is 14.9 Å². The van der Waals surface area contributed by atoms with Gasteiger partial charge in [-0.3, -0.25) is 9.36 Å². The number of alkyl halides is 3. The average Bonchev–Trinajstić information content (AvgIpc) is 3.34. The molecule has 1 aliphatic rings. The second-order valence-corrected chi connectivity index (χ2v) is 8.45. The summed E-state index contributed by atoms with van der Waals surface area (Å²) in [7, 11) is 0. The van der Waals surface area contributed by atoms with Gasteiger partial charge < -0.3 is 5.32 Å². The standard InChI is InChI=1S/C21H16F3N3OS/c1-11-25-19-18(29-11)16-10-12(20(28)26-14-5-6-14)2-9-17(16)27(19)15-7-3-13(4-8-15)21(22,23)24/h2-4,7-10,14H,5-6H2,1H3,(H,26,28). The second-order valence-electron chi connectivity index (χ2n) is 7.25. The Balaban J connectivity index is 1.66. The minimum Gasteiger partial charge on any atom is -0.349 e. The highest BCUT2D eigenvalue weighted by atomic mass is 32.1. The molecule has 4 nitrogen and oxygen atoms in total. The first-order chi connectivity index (χ1) is 13.8. The number of aryl methyl sites for hydroxylation is 1. The summed E-state index contributed by atoms with van der Waals surface area (Å²) in [5.41, 5.74) is 1.96. The summed E-state index contributed by atoms with van der Waals surface area (Å²) in [4.78, 5) is 17.0. The van der Waals surface area contributed by atoms with Crippen LogP contribution < -0.4 is 5.32 Å². The Kier molecular flexibility index (Phi) is 3.96. The maximum absolute atomic E-state index is 12.9. The van der Waals surface area contributed by atoms with Crippen molar-refractivity contribution in [1.29, 1.82) is 0 Å². The van der Waals surface area contributed by atoms with Crippen molar-refractivity contribution >= 4 is 38.5 Å². The number of thiazole rings is 1. The van der Waals surface area contributed by atoms with E-state index in [0.717, 1.165) is 45.6 Å². The first kappa shape index (κ1) is 18.2. The minimum atomic E-state index is -4.38. The van der Waals surface area contributed by atoms with Gasteiger partial charge in [-0.15, -0.1) is 11.3 Å². The van der Waals surface area contributed by atoms with E-state index in [9.17, 15) is 18.0 Å². The third-order valence-corrected chi connectivity index (χ3v) is 6.03. The number of aromatic nitrogens is 2. The summed E-state index contributed by atoms with van der Waals surface area (Å²) in [6.45, 7) is 1.89. The van der Waals surface area contributed by atoms with E-state index in [4.69, 9.17) is 0 Å². The molecule has 0 radical (unpaired) electrons. The van der Waals surface area contributed by atoms with E-state index in [1.165, 1.54) is 23.5 Å². The highest BCUT2D eigenvalue weighted by Crippen LogP contribution is 2.37. The molecule has 0 atom stereocenters.